The molecule has 0 heterocycles. The molecule has 0 bridgehead atoms. The van der Waals surface area contributed by atoms with Crippen LogP contribution in [0.15, 0.2) is 0 Å². The Morgan fingerprint density at radius 1 is 1.43 bits per heavy atom. The van der Waals surface area contributed by atoms with Gasteiger partial charge < -0.3 is 9.69 Å². The Balaban J connectivity index is 3.87. The van der Waals surface area contributed by atoms with E-state index in [-0.39, 0.29) is 24.0 Å². The predicted molar refractivity (Wildman–Crippen MR) is 52.8 cm³/mol. The minimum Gasteiger partial charge on any atom is -0.345 e. The number of nitrogens with zero attached hydrogens (tertiary/aromatic N) is 1. The zero-order valence-corrected chi connectivity index (χ0v) is 8.95. The summed E-state index contributed by atoms with van der Waals surface area (Å²) in [6, 6.07) is 0. The Morgan fingerprint density at radius 3 is 2.43 bits per heavy atom. The van der Waals surface area contributed by atoms with Crippen molar-refractivity contribution in [2.45, 2.75) is 26.7 Å². The van der Waals surface area contributed by atoms with E-state index in [1.165, 1.54) is 11.8 Å². The van der Waals surface area contributed by atoms with Crippen molar-refractivity contribution in [1.29, 1.82) is 0 Å². The molecule has 0 radical (unpaired) electrons. The average Bonchev–Trinajstić information content (AvgIpc) is 2.13. The fraction of sp³-hybridized carbons (Fsp3) is 0.700. The molecule has 0 aliphatic heterocycles. The molecule has 0 rings (SSSR count). The van der Waals surface area contributed by atoms with Gasteiger partial charge in [0, 0.05) is 32.4 Å². The molecular formula is C10H17NO3. The number of carbonyl (C=O) groups excluding carboxylic acids is 3. The van der Waals surface area contributed by atoms with Gasteiger partial charge >= 0.3 is 0 Å². The van der Waals surface area contributed by atoms with Gasteiger partial charge in [-0.05, 0) is 6.92 Å². The van der Waals surface area contributed by atoms with Crippen LogP contribution in [0.1, 0.15) is 26.7 Å². The first kappa shape index (κ1) is 12.8. The normalized spacial score (nSPS) is 11.9. The SMILES string of the molecule is CC(=O)CCN(C)C(=O)CC(C)C=O. The van der Waals surface area contributed by atoms with Gasteiger partial charge in [0.2, 0.25) is 5.91 Å². The lowest BCUT2D eigenvalue weighted by atomic mass is 10.1. The van der Waals surface area contributed by atoms with E-state index in [2.05, 4.69) is 0 Å². The van der Waals surface area contributed by atoms with Crippen LogP contribution in [-0.4, -0.2) is 36.5 Å². The van der Waals surface area contributed by atoms with E-state index in [1.54, 1.807) is 14.0 Å². The zero-order chi connectivity index (χ0) is 11.1. The predicted octanol–water partition coefficient (Wildman–Crippen LogP) is 0.649. The molecule has 0 aliphatic carbocycles. The lowest BCUT2D eigenvalue weighted by Crippen LogP contribution is -2.30. The first-order valence-corrected chi connectivity index (χ1v) is 4.66. The van der Waals surface area contributed by atoms with E-state index >= 15 is 0 Å². The molecule has 4 nitrogen and oxygen atoms in total. The van der Waals surface area contributed by atoms with Crippen molar-refractivity contribution in [2.75, 3.05) is 13.6 Å². The van der Waals surface area contributed by atoms with Crippen LogP contribution in [-0.2, 0) is 14.4 Å². The maximum atomic E-state index is 11.4. The Kier molecular flexibility index (Phi) is 5.76. The molecule has 0 N–H and O–H groups in total. The second-order valence-electron chi connectivity index (χ2n) is 3.58. The summed E-state index contributed by atoms with van der Waals surface area (Å²) < 4.78 is 0. The van der Waals surface area contributed by atoms with E-state index in [4.69, 9.17) is 0 Å². The van der Waals surface area contributed by atoms with Crippen LogP contribution >= 0.6 is 0 Å². The summed E-state index contributed by atoms with van der Waals surface area (Å²) in [5.41, 5.74) is 0. The first-order valence-electron chi connectivity index (χ1n) is 4.66. The molecule has 1 unspecified atom stereocenters. The van der Waals surface area contributed by atoms with Crippen molar-refractivity contribution < 1.29 is 14.4 Å². The van der Waals surface area contributed by atoms with E-state index in [0.717, 1.165) is 6.29 Å². The molecule has 14 heavy (non-hydrogen) atoms. The molecule has 80 valence electrons. The van der Waals surface area contributed by atoms with Gasteiger partial charge in [-0.1, -0.05) is 6.92 Å². The highest BCUT2D eigenvalue weighted by Crippen LogP contribution is 2.01. The van der Waals surface area contributed by atoms with Crippen molar-refractivity contribution in [2.24, 2.45) is 5.92 Å². The standard InChI is InChI=1S/C10H17NO3/c1-8(7-12)6-10(14)11(3)5-4-9(2)13/h7-8H,4-6H2,1-3H3. The smallest absolute Gasteiger partial charge is 0.223 e. The van der Waals surface area contributed by atoms with Crippen molar-refractivity contribution in [3.05, 3.63) is 0 Å². The van der Waals surface area contributed by atoms with Crippen LogP contribution in [0.25, 0.3) is 0 Å². The van der Waals surface area contributed by atoms with E-state index < -0.39 is 0 Å². The summed E-state index contributed by atoms with van der Waals surface area (Å²) in [6.45, 7) is 3.62. The number of Topliss-reactive ketones (excluding diaryl/α,β-unsaturated/α-hetero) is 1. The van der Waals surface area contributed by atoms with E-state index in [1.807, 2.05) is 0 Å². The number of hydrogen-bond acceptors (Lipinski definition) is 3. The Hall–Kier alpha value is -1.19. The molecule has 0 aromatic heterocycles. The molecule has 0 aromatic carbocycles. The van der Waals surface area contributed by atoms with Crippen molar-refractivity contribution in [3.8, 4) is 0 Å². The van der Waals surface area contributed by atoms with Crippen molar-refractivity contribution >= 4 is 18.0 Å². The maximum absolute atomic E-state index is 11.4. The number of amides is 1. The molecule has 1 amide bonds. The van der Waals surface area contributed by atoms with Crippen LogP contribution in [0.4, 0.5) is 0 Å². The Bertz CT molecular complexity index is 225. The van der Waals surface area contributed by atoms with Crippen LogP contribution < -0.4 is 0 Å². The summed E-state index contributed by atoms with van der Waals surface area (Å²) in [7, 11) is 1.64. The van der Waals surface area contributed by atoms with Gasteiger partial charge in [-0.2, -0.15) is 0 Å². The number of hydrogen-bond donors (Lipinski definition) is 0. The minimum absolute atomic E-state index is 0.0630. The zero-order valence-electron chi connectivity index (χ0n) is 8.95. The van der Waals surface area contributed by atoms with Crippen LogP contribution in [0.5, 0.6) is 0 Å². The molecule has 0 aromatic rings. The molecule has 0 aliphatic rings. The molecule has 0 spiro atoms. The fourth-order valence-electron chi connectivity index (χ4n) is 0.929. The number of carbonyl (C=O) groups is 3. The highest BCUT2D eigenvalue weighted by atomic mass is 16.2. The lowest BCUT2D eigenvalue weighted by molar-refractivity contribution is -0.132. The lowest BCUT2D eigenvalue weighted by Gasteiger charge is -2.16. The summed E-state index contributed by atoms with van der Waals surface area (Å²) in [4.78, 5) is 33.8. The first-order chi connectivity index (χ1) is 6.47. The molecule has 4 heteroatoms. The average molecular weight is 199 g/mol. The van der Waals surface area contributed by atoms with Crippen LogP contribution in [0, 0.1) is 5.92 Å². The van der Waals surface area contributed by atoms with Gasteiger partial charge in [0.1, 0.15) is 12.1 Å². The summed E-state index contributed by atoms with van der Waals surface area (Å²) in [6.07, 6.45) is 1.35. The molecule has 0 fully saturated rings. The number of ketones is 1. The van der Waals surface area contributed by atoms with Gasteiger partial charge in [0.05, 0.1) is 0 Å². The third-order valence-corrected chi connectivity index (χ3v) is 1.95. The topological polar surface area (TPSA) is 54.5 Å². The highest BCUT2D eigenvalue weighted by Gasteiger charge is 2.12. The number of aldehydes is 1. The second kappa shape index (κ2) is 6.29. The third-order valence-electron chi connectivity index (χ3n) is 1.95. The highest BCUT2D eigenvalue weighted by molar-refractivity contribution is 5.80. The second-order valence-corrected chi connectivity index (χ2v) is 3.58. The maximum Gasteiger partial charge on any atom is 0.223 e. The molecule has 0 saturated carbocycles. The van der Waals surface area contributed by atoms with Gasteiger partial charge in [-0.3, -0.25) is 9.59 Å². The van der Waals surface area contributed by atoms with Crippen molar-refractivity contribution in [1.82, 2.24) is 4.90 Å². The fourth-order valence-corrected chi connectivity index (χ4v) is 0.929. The van der Waals surface area contributed by atoms with E-state index in [9.17, 15) is 14.4 Å². The summed E-state index contributed by atoms with van der Waals surface area (Å²) in [5, 5.41) is 0. The summed E-state index contributed by atoms with van der Waals surface area (Å²) in [5.74, 6) is -0.277. The van der Waals surface area contributed by atoms with E-state index in [0.29, 0.717) is 13.0 Å². The third kappa shape index (κ3) is 5.45. The van der Waals surface area contributed by atoms with Crippen molar-refractivity contribution in [3.63, 3.8) is 0 Å². The molecule has 1 atom stereocenters. The largest absolute Gasteiger partial charge is 0.345 e. The quantitative estimate of drug-likeness (QED) is 0.590. The summed E-state index contributed by atoms with van der Waals surface area (Å²) >= 11 is 0. The number of rotatable bonds is 6. The minimum atomic E-state index is -0.248. The van der Waals surface area contributed by atoms with Gasteiger partial charge in [-0.15, -0.1) is 0 Å². The molecular weight excluding hydrogens is 182 g/mol. The van der Waals surface area contributed by atoms with Crippen LogP contribution in [0.2, 0.25) is 0 Å². The van der Waals surface area contributed by atoms with Gasteiger partial charge in [0.15, 0.2) is 0 Å². The van der Waals surface area contributed by atoms with Gasteiger partial charge in [0.25, 0.3) is 0 Å². The monoisotopic (exact) mass is 199 g/mol. The Labute approximate surface area is 84.3 Å². The van der Waals surface area contributed by atoms with Crippen LogP contribution in [0.3, 0.4) is 0 Å². The Morgan fingerprint density at radius 2 is 2.00 bits per heavy atom. The molecule has 0 saturated heterocycles. The van der Waals surface area contributed by atoms with Gasteiger partial charge in [-0.25, -0.2) is 0 Å².